The number of piperidine rings is 1. The Morgan fingerprint density at radius 1 is 1.24 bits per heavy atom. The van der Waals surface area contributed by atoms with E-state index in [-0.39, 0.29) is 17.7 Å². The van der Waals surface area contributed by atoms with Crippen LogP contribution < -0.4 is 0 Å². The highest BCUT2D eigenvalue weighted by molar-refractivity contribution is 5.68. The van der Waals surface area contributed by atoms with Crippen molar-refractivity contribution in [2.45, 2.75) is 59.4 Å². The van der Waals surface area contributed by atoms with E-state index in [0.717, 1.165) is 0 Å². The SMILES string of the molecule is CCOC(OCC)/C(=C\C1CCN(C(=O)OC(C)(C)C)CC1)[N+](=O)[O-]. The molecule has 0 bridgehead atoms. The molecule has 25 heavy (non-hydrogen) atoms. The van der Waals surface area contributed by atoms with Gasteiger partial charge in [-0.05, 0) is 59.5 Å². The summed E-state index contributed by atoms with van der Waals surface area (Å²) in [5.74, 6) is 0.00231. The minimum atomic E-state index is -0.964. The Hall–Kier alpha value is -1.67. The molecule has 0 aromatic rings. The Bertz CT molecular complexity index is 472. The van der Waals surface area contributed by atoms with Crippen molar-refractivity contribution in [3.8, 4) is 0 Å². The second-order valence-electron chi connectivity index (χ2n) is 6.90. The fourth-order valence-electron chi connectivity index (χ4n) is 2.56. The van der Waals surface area contributed by atoms with Crippen LogP contribution in [0.2, 0.25) is 0 Å². The van der Waals surface area contributed by atoms with Crippen LogP contribution in [0, 0.1) is 16.0 Å². The maximum atomic E-state index is 12.1. The molecule has 0 radical (unpaired) electrons. The average Bonchev–Trinajstić information content (AvgIpc) is 2.51. The number of carbonyl (C=O) groups is 1. The standard InChI is InChI=1S/C17H30N2O6/c1-6-23-15(24-7-2)14(19(21)22)12-13-8-10-18(11-9-13)16(20)25-17(3,4)5/h12-13,15H,6-11H2,1-5H3/b14-12+. The zero-order valence-corrected chi connectivity index (χ0v) is 15.8. The highest BCUT2D eigenvalue weighted by atomic mass is 16.7. The molecule has 0 saturated carbocycles. The highest BCUT2D eigenvalue weighted by Gasteiger charge is 2.31. The molecule has 1 aliphatic rings. The lowest BCUT2D eigenvalue weighted by atomic mass is 9.96. The van der Waals surface area contributed by atoms with Crippen molar-refractivity contribution in [3.05, 3.63) is 21.9 Å². The summed E-state index contributed by atoms with van der Waals surface area (Å²) in [6, 6.07) is 0. The van der Waals surface area contributed by atoms with E-state index in [4.69, 9.17) is 14.2 Å². The molecule has 0 aliphatic carbocycles. The van der Waals surface area contributed by atoms with Crippen LogP contribution in [0.5, 0.6) is 0 Å². The molecule has 1 saturated heterocycles. The smallest absolute Gasteiger partial charge is 0.410 e. The minimum Gasteiger partial charge on any atom is -0.444 e. The molecule has 8 heteroatoms. The summed E-state index contributed by atoms with van der Waals surface area (Å²) in [5.41, 5.74) is -0.603. The van der Waals surface area contributed by atoms with Crippen molar-refractivity contribution in [2.75, 3.05) is 26.3 Å². The molecule has 1 aliphatic heterocycles. The first-order valence-corrected chi connectivity index (χ1v) is 8.75. The minimum absolute atomic E-state index is 0.00231. The topological polar surface area (TPSA) is 91.1 Å². The Kier molecular flexibility index (Phi) is 8.31. The molecule has 8 nitrogen and oxygen atoms in total. The van der Waals surface area contributed by atoms with Gasteiger partial charge in [0.1, 0.15) is 5.60 Å². The number of nitrogens with zero attached hydrogens (tertiary/aromatic N) is 2. The van der Waals surface area contributed by atoms with E-state index in [1.807, 2.05) is 20.8 Å². The van der Waals surface area contributed by atoms with Crippen LogP contribution >= 0.6 is 0 Å². The molecular weight excluding hydrogens is 328 g/mol. The van der Waals surface area contributed by atoms with E-state index in [9.17, 15) is 14.9 Å². The number of rotatable bonds is 7. The Morgan fingerprint density at radius 2 is 1.76 bits per heavy atom. The van der Waals surface area contributed by atoms with E-state index in [1.54, 1.807) is 24.8 Å². The monoisotopic (exact) mass is 358 g/mol. The van der Waals surface area contributed by atoms with Crippen molar-refractivity contribution in [1.82, 2.24) is 4.90 Å². The number of likely N-dealkylation sites (tertiary alicyclic amines) is 1. The summed E-state index contributed by atoms with van der Waals surface area (Å²) in [7, 11) is 0. The number of hydrogen-bond acceptors (Lipinski definition) is 6. The van der Waals surface area contributed by atoms with Crippen LogP contribution in [0.25, 0.3) is 0 Å². The van der Waals surface area contributed by atoms with Gasteiger partial charge in [0.25, 0.3) is 12.0 Å². The van der Waals surface area contributed by atoms with E-state index < -0.39 is 16.8 Å². The number of ether oxygens (including phenoxy) is 3. The summed E-state index contributed by atoms with van der Waals surface area (Å²) in [4.78, 5) is 24.7. The van der Waals surface area contributed by atoms with Crippen LogP contribution in [-0.2, 0) is 14.2 Å². The third-order valence-electron chi connectivity index (χ3n) is 3.69. The van der Waals surface area contributed by atoms with E-state index in [1.165, 1.54) is 0 Å². The van der Waals surface area contributed by atoms with Gasteiger partial charge in [0, 0.05) is 26.3 Å². The molecule has 1 rings (SSSR count). The van der Waals surface area contributed by atoms with Gasteiger partial charge in [-0.1, -0.05) is 0 Å². The van der Waals surface area contributed by atoms with E-state index in [2.05, 4.69) is 0 Å². The molecule has 1 amide bonds. The van der Waals surface area contributed by atoms with Crippen LogP contribution in [-0.4, -0.2) is 54.1 Å². The molecule has 144 valence electrons. The van der Waals surface area contributed by atoms with Gasteiger partial charge in [0.05, 0.1) is 4.92 Å². The lowest BCUT2D eigenvalue weighted by Gasteiger charge is -2.32. The zero-order chi connectivity index (χ0) is 19.0. The summed E-state index contributed by atoms with van der Waals surface area (Å²) < 4.78 is 16.0. The number of hydrogen-bond donors (Lipinski definition) is 0. The number of nitro groups is 1. The predicted molar refractivity (Wildman–Crippen MR) is 92.6 cm³/mol. The summed E-state index contributed by atoms with van der Waals surface area (Å²) in [6.45, 7) is 10.7. The molecule has 0 spiro atoms. The van der Waals surface area contributed by atoms with E-state index in [0.29, 0.717) is 39.1 Å². The number of carbonyl (C=O) groups excluding carboxylic acids is 1. The second kappa shape index (κ2) is 9.72. The Labute approximate surface area is 149 Å². The lowest BCUT2D eigenvalue weighted by molar-refractivity contribution is -0.450. The first kappa shape index (κ1) is 21.4. The van der Waals surface area contributed by atoms with Crippen molar-refractivity contribution in [2.24, 2.45) is 5.92 Å². The maximum Gasteiger partial charge on any atom is 0.410 e. The van der Waals surface area contributed by atoms with Crippen molar-refractivity contribution in [1.29, 1.82) is 0 Å². The molecule has 0 unspecified atom stereocenters. The normalized spacial score (nSPS) is 17.0. The molecule has 1 heterocycles. The Balaban J connectivity index is 2.71. The summed E-state index contributed by atoms with van der Waals surface area (Å²) in [6.07, 6.45) is 1.59. The molecule has 1 fully saturated rings. The van der Waals surface area contributed by atoms with Gasteiger partial charge >= 0.3 is 6.09 Å². The average molecular weight is 358 g/mol. The fraction of sp³-hybridized carbons (Fsp3) is 0.824. The molecule has 0 atom stereocenters. The van der Waals surface area contributed by atoms with Gasteiger partial charge in [-0.2, -0.15) is 0 Å². The predicted octanol–water partition coefficient (Wildman–Crippen LogP) is 3.19. The maximum absolute atomic E-state index is 12.1. The molecule has 0 aromatic carbocycles. The van der Waals surface area contributed by atoms with E-state index >= 15 is 0 Å². The number of allylic oxidation sites excluding steroid dienone is 1. The van der Waals surface area contributed by atoms with Gasteiger partial charge in [-0.3, -0.25) is 10.1 Å². The summed E-state index contributed by atoms with van der Waals surface area (Å²) >= 11 is 0. The second-order valence-corrected chi connectivity index (χ2v) is 6.90. The van der Waals surface area contributed by atoms with Crippen LogP contribution in [0.4, 0.5) is 4.79 Å². The lowest BCUT2D eigenvalue weighted by Crippen LogP contribution is -2.41. The largest absolute Gasteiger partial charge is 0.444 e. The van der Waals surface area contributed by atoms with Crippen LogP contribution in [0.3, 0.4) is 0 Å². The molecular formula is C17H30N2O6. The third-order valence-corrected chi connectivity index (χ3v) is 3.69. The highest BCUT2D eigenvalue weighted by Crippen LogP contribution is 2.23. The number of amides is 1. The van der Waals surface area contributed by atoms with Crippen molar-refractivity contribution < 1.29 is 23.9 Å². The summed E-state index contributed by atoms with van der Waals surface area (Å²) in [5, 5.41) is 11.4. The quantitative estimate of drug-likeness (QED) is 0.394. The molecule has 0 N–H and O–H groups in total. The first-order chi connectivity index (χ1) is 11.7. The van der Waals surface area contributed by atoms with Crippen molar-refractivity contribution in [3.63, 3.8) is 0 Å². The fourth-order valence-corrected chi connectivity index (χ4v) is 2.56. The molecule has 0 aromatic heterocycles. The van der Waals surface area contributed by atoms with Gasteiger partial charge in [0.15, 0.2) is 0 Å². The van der Waals surface area contributed by atoms with Crippen LogP contribution in [0.15, 0.2) is 11.8 Å². The Morgan fingerprint density at radius 3 is 2.16 bits per heavy atom. The first-order valence-electron chi connectivity index (χ1n) is 8.75. The van der Waals surface area contributed by atoms with Crippen molar-refractivity contribution >= 4 is 6.09 Å². The third kappa shape index (κ3) is 7.39. The van der Waals surface area contributed by atoms with Gasteiger partial charge < -0.3 is 19.1 Å². The van der Waals surface area contributed by atoms with Crippen LogP contribution in [0.1, 0.15) is 47.5 Å². The van der Waals surface area contributed by atoms with Gasteiger partial charge in [-0.15, -0.1) is 0 Å². The zero-order valence-electron chi connectivity index (χ0n) is 15.8. The van der Waals surface area contributed by atoms with Gasteiger partial charge in [0.2, 0.25) is 0 Å². The van der Waals surface area contributed by atoms with Gasteiger partial charge in [-0.25, -0.2) is 4.79 Å².